The number of piperidine rings is 1. The van der Waals surface area contributed by atoms with Crippen molar-refractivity contribution in [1.29, 1.82) is 0 Å². The maximum atomic E-state index is 12.7. The average Bonchev–Trinajstić information content (AvgIpc) is 2.69. The second-order valence-corrected chi connectivity index (χ2v) is 8.28. The first-order valence-corrected chi connectivity index (χ1v) is 10.1. The third-order valence-electron chi connectivity index (χ3n) is 4.36. The summed E-state index contributed by atoms with van der Waals surface area (Å²) in [6.45, 7) is 0.478. The molecule has 0 radical (unpaired) electrons. The van der Waals surface area contributed by atoms with Gasteiger partial charge in [-0.2, -0.15) is 17.5 Å². The molecular formula is C19H19F3N2O3S. The molecule has 0 atom stereocenters. The van der Waals surface area contributed by atoms with Crippen molar-refractivity contribution < 1.29 is 26.4 Å². The maximum Gasteiger partial charge on any atom is 0.416 e. The van der Waals surface area contributed by atoms with Crippen LogP contribution in [0.25, 0.3) is 0 Å². The van der Waals surface area contributed by atoms with E-state index in [-0.39, 0.29) is 24.6 Å². The van der Waals surface area contributed by atoms with Crippen LogP contribution in [0.15, 0.2) is 64.6 Å². The van der Waals surface area contributed by atoms with E-state index < -0.39 is 21.8 Å². The smallest absolute Gasteiger partial charge is 0.391 e. The van der Waals surface area contributed by atoms with Crippen molar-refractivity contribution in [2.45, 2.75) is 30.5 Å². The summed E-state index contributed by atoms with van der Waals surface area (Å²) in [5.74, 6) is 0. The number of sulfonamides is 1. The van der Waals surface area contributed by atoms with Crippen LogP contribution in [0, 0.1) is 0 Å². The molecule has 0 bridgehead atoms. The Balaban J connectivity index is 1.55. The van der Waals surface area contributed by atoms with Gasteiger partial charge in [0.15, 0.2) is 0 Å². The van der Waals surface area contributed by atoms with Gasteiger partial charge in [-0.15, -0.1) is 0 Å². The molecule has 9 heteroatoms. The lowest BCUT2D eigenvalue weighted by molar-refractivity contribution is -0.137. The minimum absolute atomic E-state index is 0.0839. The molecule has 0 unspecified atom stereocenters. The summed E-state index contributed by atoms with van der Waals surface area (Å²) >= 11 is 0. The van der Waals surface area contributed by atoms with Gasteiger partial charge in [-0.25, -0.2) is 8.42 Å². The fourth-order valence-electron chi connectivity index (χ4n) is 2.85. The molecule has 3 rings (SSSR count). The van der Waals surface area contributed by atoms with Crippen molar-refractivity contribution in [3.63, 3.8) is 0 Å². The predicted octanol–water partition coefficient (Wildman–Crippen LogP) is 4.06. The first-order chi connectivity index (χ1) is 13.3. The standard InChI is InChI=1S/C19H19F3N2O3S/c20-19(21,22)16-6-4-5-15(13-16)14-27-23-17-9-11-24(12-10-17)28(25,26)18-7-2-1-3-8-18/h1-8,13H,9-12,14H2. The van der Waals surface area contributed by atoms with Crippen molar-refractivity contribution in [3.05, 3.63) is 65.7 Å². The van der Waals surface area contributed by atoms with Crippen LogP contribution in [-0.2, 0) is 27.6 Å². The van der Waals surface area contributed by atoms with Gasteiger partial charge in [-0.3, -0.25) is 0 Å². The number of benzene rings is 2. The molecular weight excluding hydrogens is 393 g/mol. The van der Waals surface area contributed by atoms with Crippen LogP contribution in [0.4, 0.5) is 13.2 Å². The van der Waals surface area contributed by atoms with Gasteiger partial charge in [-0.05, 0) is 29.8 Å². The minimum atomic E-state index is -4.40. The minimum Gasteiger partial charge on any atom is -0.391 e. The number of nitrogens with zero attached hydrogens (tertiary/aromatic N) is 2. The number of alkyl halides is 3. The zero-order chi connectivity index (χ0) is 20.2. The normalized spacial score (nSPS) is 16.0. The summed E-state index contributed by atoms with van der Waals surface area (Å²) in [7, 11) is -3.54. The molecule has 2 aromatic rings. The van der Waals surface area contributed by atoms with Crippen molar-refractivity contribution in [1.82, 2.24) is 4.31 Å². The first-order valence-electron chi connectivity index (χ1n) is 8.66. The van der Waals surface area contributed by atoms with Crippen molar-refractivity contribution >= 4 is 15.7 Å². The van der Waals surface area contributed by atoms with Gasteiger partial charge in [0, 0.05) is 25.9 Å². The molecule has 0 aromatic heterocycles. The fourth-order valence-corrected chi connectivity index (χ4v) is 4.32. The van der Waals surface area contributed by atoms with Gasteiger partial charge in [0.05, 0.1) is 16.2 Å². The molecule has 1 saturated heterocycles. The van der Waals surface area contributed by atoms with E-state index in [9.17, 15) is 21.6 Å². The third kappa shape index (κ3) is 4.90. The molecule has 0 amide bonds. The Labute approximate surface area is 161 Å². The van der Waals surface area contributed by atoms with Crippen LogP contribution in [0.1, 0.15) is 24.0 Å². The van der Waals surface area contributed by atoms with Crippen molar-refractivity contribution in [2.24, 2.45) is 5.16 Å². The molecule has 2 aromatic carbocycles. The lowest BCUT2D eigenvalue weighted by Gasteiger charge is -2.26. The average molecular weight is 412 g/mol. The second-order valence-electron chi connectivity index (χ2n) is 6.35. The molecule has 0 saturated carbocycles. The SMILES string of the molecule is O=S(=O)(c1ccccc1)N1CCC(=NOCc2cccc(C(F)(F)F)c2)CC1. The Morgan fingerprint density at radius 2 is 1.68 bits per heavy atom. The largest absolute Gasteiger partial charge is 0.416 e. The number of rotatable bonds is 5. The molecule has 1 heterocycles. The van der Waals surface area contributed by atoms with Crippen LogP contribution in [0.5, 0.6) is 0 Å². The molecule has 0 spiro atoms. The van der Waals surface area contributed by atoms with Crippen molar-refractivity contribution in [3.8, 4) is 0 Å². The molecule has 150 valence electrons. The highest BCUT2D eigenvalue weighted by atomic mass is 32.2. The van der Waals surface area contributed by atoms with E-state index in [0.29, 0.717) is 24.1 Å². The van der Waals surface area contributed by atoms with Crippen molar-refractivity contribution in [2.75, 3.05) is 13.1 Å². The molecule has 1 fully saturated rings. The molecule has 5 nitrogen and oxygen atoms in total. The fraction of sp³-hybridized carbons (Fsp3) is 0.316. The van der Waals surface area contributed by atoms with E-state index in [1.807, 2.05) is 0 Å². The van der Waals surface area contributed by atoms with Crippen LogP contribution in [-0.4, -0.2) is 31.5 Å². The highest BCUT2D eigenvalue weighted by Gasteiger charge is 2.30. The summed E-state index contributed by atoms with van der Waals surface area (Å²) in [6, 6.07) is 13.1. The second kappa shape index (κ2) is 8.32. The molecule has 28 heavy (non-hydrogen) atoms. The highest BCUT2D eigenvalue weighted by molar-refractivity contribution is 7.89. The summed E-state index contributed by atoms with van der Waals surface area (Å²) in [5.41, 5.74) is 0.315. The van der Waals surface area contributed by atoms with Crippen LogP contribution in [0.3, 0.4) is 0 Å². The predicted molar refractivity (Wildman–Crippen MR) is 98.1 cm³/mol. The Morgan fingerprint density at radius 3 is 2.32 bits per heavy atom. The van der Waals surface area contributed by atoms with E-state index in [0.717, 1.165) is 12.1 Å². The molecule has 0 aliphatic carbocycles. The number of halogens is 3. The van der Waals surface area contributed by atoms with E-state index in [1.165, 1.54) is 16.4 Å². The van der Waals surface area contributed by atoms with Gasteiger partial charge >= 0.3 is 6.18 Å². The van der Waals surface area contributed by atoms with Gasteiger partial charge in [0.2, 0.25) is 10.0 Å². The zero-order valence-corrected chi connectivity index (χ0v) is 15.7. The Kier molecular flexibility index (Phi) is 6.04. The van der Waals surface area contributed by atoms with Gasteiger partial charge in [0.1, 0.15) is 6.61 Å². The maximum absolute atomic E-state index is 12.7. The quantitative estimate of drug-likeness (QED) is 0.696. The summed E-state index contributed by atoms with van der Waals surface area (Å²) in [6.07, 6.45) is -3.58. The van der Waals surface area contributed by atoms with Gasteiger partial charge in [0.25, 0.3) is 0 Å². The monoisotopic (exact) mass is 412 g/mol. The van der Waals surface area contributed by atoms with Gasteiger partial charge in [-0.1, -0.05) is 35.5 Å². The third-order valence-corrected chi connectivity index (χ3v) is 6.27. The Hall–Kier alpha value is -2.39. The lowest BCUT2D eigenvalue weighted by atomic mass is 10.1. The number of hydrogen-bond donors (Lipinski definition) is 0. The Bertz CT molecular complexity index is 934. The van der Waals surface area contributed by atoms with E-state index in [2.05, 4.69) is 5.16 Å². The highest BCUT2D eigenvalue weighted by Crippen LogP contribution is 2.29. The van der Waals surface area contributed by atoms with E-state index in [4.69, 9.17) is 4.84 Å². The lowest BCUT2D eigenvalue weighted by Crippen LogP contribution is -2.38. The van der Waals surface area contributed by atoms with E-state index in [1.54, 1.807) is 30.3 Å². The molecule has 1 aliphatic heterocycles. The first kappa shape index (κ1) is 20.3. The van der Waals surface area contributed by atoms with Crippen LogP contribution < -0.4 is 0 Å². The number of oxime groups is 1. The van der Waals surface area contributed by atoms with Gasteiger partial charge < -0.3 is 4.84 Å². The summed E-state index contributed by atoms with van der Waals surface area (Å²) < 4.78 is 64.7. The topological polar surface area (TPSA) is 59.0 Å². The van der Waals surface area contributed by atoms with Crippen LogP contribution >= 0.6 is 0 Å². The summed E-state index contributed by atoms with van der Waals surface area (Å²) in [4.78, 5) is 5.43. The Morgan fingerprint density at radius 1 is 1.00 bits per heavy atom. The number of hydrogen-bond acceptors (Lipinski definition) is 4. The van der Waals surface area contributed by atoms with E-state index >= 15 is 0 Å². The van der Waals surface area contributed by atoms with Crippen LogP contribution in [0.2, 0.25) is 0 Å². The summed E-state index contributed by atoms with van der Waals surface area (Å²) in [5, 5.41) is 3.97. The molecule has 1 aliphatic rings. The molecule has 0 N–H and O–H groups in total. The zero-order valence-electron chi connectivity index (χ0n) is 14.9.